The smallest absolute Gasteiger partial charge is 0.0224 e. The van der Waals surface area contributed by atoms with Crippen LogP contribution in [0.5, 0.6) is 0 Å². The molecule has 2 bridgehead atoms. The summed E-state index contributed by atoms with van der Waals surface area (Å²) < 4.78 is 0. The van der Waals surface area contributed by atoms with Crippen LogP contribution in [0.3, 0.4) is 0 Å². The average molecular weight is 260 g/mol. The van der Waals surface area contributed by atoms with Crippen LogP contribution in [0.2, 0.25) is 0 Å². The van der Waals surface area contributed by atoms with Crippen LogP contribution in [0.25, 0.3) is 0 Å². The lowest BCUT2D eigenvalue weighted by Gasteiger charge is -2.42. The molecule has 0 aromatic heterocycles. The van der Waals surface area contributed by atoms with Crippen molar-refractivity contribution in [1.29, 1.82) is 0 Å². The summed E-state index contributed by atoms with van der Waals surface area (Å²) >= 11 is 0. The zero-order valence-electron chi connectivity index (χ0n) is 12.2. The molecule has 1 aliphatic heterocycles. The fraction of sp³-hybridized carbons (Fsp3) is 1.00. The molecule has 6 unspecified atom stereocenters. The van der Waals surface area contributed by atoms with Crippen LogP contribution in [0.1, 0.15) is 45.4 Å². The van der Waals surface area contributed by atoms with E-state index in [1.807, 2.05) is 0 Å². The summed E-state index contributed by atoms with van der Waals surface area (Å²) in [5.74, 6) is 5.55. The molecule has 2 heteroatoms. The van der Waals surface area contributed by atoms with Crippen molar-refractivity contribution < 1.29 is 0 Å². The van der Waals surface area contributed by atoms with E-state index in [1.54, 1.807) is 19.3 Å². The molecule has 6 atom stereocenters. The first kappa shape index (κ1) is 11.6. The third-order valence-electron chi connectivity index (χ3n) is 7.23. The molecular formula is C17H28N2. The Kier molecular flexibility index (Phi) is 2.42. The van der Waals surface area contributed by atoms with Gasteiger partial charge in [0.2, 0.25) is 0 Å². The number of rotatable bonds is 3. The number of fused-ring (bicyclic) bond motifs is 5. The molecular weight excluding hydrogens is 232 g/mol. The first-order valence-corrected chi connectivity index (χ1v) is 8.86. The van der Waals surface area contributed by atoms with Crippen LogP contribution in [-0.2, 0) is 0 Å². The SMILES string of the molecule is CCC1CNC(C2CC2)CN1C1C2C3CCC(C3)C21. The highest BCUT2D eigenvalue weighted by atomic mass is 15.3. The van der Waals surface area contributed by atoms with E-state index in [0.29, 0.717) is 0 Å². The monoisotopic (exact) mass is 260 g/mol. The third kappa shape index (κ3) is 1.62. The molecule has 1 heterocycles. The van der Waals surface area contributed by atoms with Crippen molar-refractivity contribution in [1.82, 2.24) is 10.2 Å². The molecule has 1 N–H and O–H groups in total. The van der Waals surface area contributed by atoms with Gasteiger partial charge in [-0.1, -0.05) is 6.92 Å². The maximum absolute atomic E-state index is 3.86. The van der Waals surface area contributed by atoms with Gasteiger partial charge < -0.3 is 5.32 Å². The molecule has 106 valence electrons. The van der Waals surface area contributed by atoms with Crippen molar-refractivity contribution in [3.05, 3.63) is 0 Å². The second-order valence-corrected chi connectivity index (χ2v) is 8.09. The topological polar surface area (TPSA) is 15.3 Å². The van der Waals surface area contributed by atoms with Gasteiger partial charge in [-0.3, -0.25) is 4.90 Å². The van der Waals surface area contributed by atoms with E-state index in [2.05, 4.69) is 17.1 Å². The van der Waals surface area contributed by atoms with Gasteiger partial charge in [0.05, 0.1) is 0 Å². The Morgan fingerprint density at radius 3 is 2.32 bits per heavy atom. The van der Waals surface area contributed by atoms with Crippen molar-refractivity contribution >= 4 is 0 Å². The number of nitrogens with one attached hydrogen (secondary N) is 1. The minimum atomic E-state index is 0.835. The van der Waals surface area contributed by atoms with Gasteiger partial charge in [0.15, 0.2) is 0 Å². The van der Waals surface area contributed by atoms with Crippen molar-refractivity contribution in [3.63, 3.8) is 0 Å². The maximum Gasteiger partial charge on any atom is 0.0224 e. The number of hydrogen-bond acceptors (Lipinski definition) is 2. The zero-order chi connectivity index (χ0) is 12.6. The normalized spacial score (nSPS) is 56.4. The molecule has 5 fully saturated rings. The molecule has 0 aromatic rings. The van der Waals surface area contributed by atoms with Crippen LogP contribution < -0.4 is 5.32 Å². The summed E-state index contributed by atoms with van der Waals surface area (Å²) in [4.78, 5) is 2.99. The van der Waals surface area contributed by atoms with Crippen LogP contribution >= 0.6 is 0 Å². The quantitative estimate of drug-likeness (QED) is 0.839. The van der Waals surface area contributed by atoms with E-state index >= 15 is 0 Å². The number of piperazine rings is 1. The Balaban J connectivity index is 1.34. The molecule has 2 nitrogen and oxygen atoms in total. The first-order valence-electron chi connectivity index (χ1n) is 8.86. The largest absolute Gasteiger partial charge is 0.311 e. The molecule has 4 aliphatic carbocycles. The molecule has 0 aromatic carbocycles. The predicted molar refractivity (Wildman–Crippen MR) is 76.9 cm³/mol. The molecule has 0 spiro atoms. The van der Waals surface area contributed by atoms with E-state index in [-0.39, 0.29) is 0 Å². The molecule has 0 radical (unpaired) electrons. The van der Waals surface area contributed by atoms with Gasteiger partial charge in [-0.15, -0.1) is 0 Å². The Morgan fingerprint density at radius 1 is 1.00 bits per heavy atom. The van der Waals surface area contributed by atoms with Gasteiger partial charge in [0.1, 0.15) is 0 Å². The Bertz CT molecular complexity index is 361. The van der Waals surface area contributed by atoms with Crippen LogP contribution in [-0.4, -0.2) is 36.1 Å². The minimum absolute atomic E-state index is 0.835. The van der Waals surface area contributed by atoms with Crippen LogP contribution in [0.4, 0.5) is 0 Å². The summed E-state index contributed by atoms with van der Waals surface area (Å²) in [6.45, 7) is 5.03. The maximum atomic E-state index is 3.86. The van der Waals surface area contributed by atoms with E-state index < -0.39 is 0 Å². The number of nitrogens with zero attached hydrogens (tertiary/aromatic N) is 1. The van der Waals surface area contributed by atoms with Crippen LogP contribution in [0, 0.1) is 29.6 Å². The second kappa shape index (κ2) is 3.98. The molecule has 19 heavy (non-hydrogen) atoms. The molecule has 4 saturated carbocycles. The van der Waals surface area contributed by atoms with E-state index in [4.69, 9.17) is 0 Å². The van der Waals surface area contributed by atoms with Gasteiger partial charge in [0.25, 0.3) is 0 Å². The lowest BCUT2D eigenvalue weighted by Crippen LogP contribution is -2.58. The molecule has 1 saturated heterocycles. The summed E-state index contributed by atoms with van der Waals surface area (Å²) in [6, 6.07) is 2.69. The average Bonchev–Trinajstić information content (AvgIpc) is 3.36. The van der Waals surface area contributed by atoms with E-state index in [9.17, 15) is 0 Å². The van der Waals surface area contributed by atoms with Crippen molar-refractivity contribution in [2.24, 2.45) is 29.6 Å². The van der Waals surface area contributed by atoms with E-state index in [1.165, 1.54) is 32.4 Å². The van der Waals surface area contributed by atoms with Gasteiger partial charge >= 0.3 is 0 Å². The highest BCUT2D eigenvalue weighted by molar-refractivity contribution is 5.19. The van der Waals surface area contributed by atoms with Gasteiger partial charge in [0, 0.05) is 31.2 Å². The van der Waals surface area contributed by atoms with Crippen LogP contribution in [0.15, 0.2) is 0 Å². The van der Waals surface area contributed by atoms with Crippen molar-refractivity contribution in [3.8, 4) is 0 Å². The van der Waals surface area contributed by atoms with Gasteiger partial charge in [-0.25, -0.2) is 0 Å². The van der Waals surface area contributed by atoms with Gasteiger partial charge in [-0.05, 0) is 68.1 Å². The minimum Gasteiger partial charge on any atom is -0.311 e. The lowest BCUT2D eigenvalue weighted by atomic mass is 9.99. The molecule has 5 aliphatic rings. The van der Waals surface area contributed by atoms with Crippen molar-refractivity contribution in [2.45, 2.75) is 63.6 Å². The highest BCUT2D eigenvalue weighted by Gasteiger charge is 2.67. The second-order valence-electron chi connectivity index (χ2n) is 8.09. The summed E-state index contributed by atoms with van der Waals surface area (Å²) in [6.07, 6.45) is 9.06. The highest BCUT2D eigenvalue weighted by Crippen LogP contribution is 2.67. The zero-order valence-corrected chi connectivity index (χ0v) is 12.2. The molecule has 0 amide bonds. The lowest BCUT2D eigenvalue weighted by molar-refractivity contribution is 0.0917. The Labute approximate surface area is 117 Å². The summed E-state index contributed by atoms with van der Waals surface area (Å²) in [5.41, 5.74) is 0. The Hall–Kier alpha value is -0.0800. The van der Waals surface area contributed by atoms with Gasteiger partial charge in [-0.2, -0.15) is 0 Å². The Morgan fingerprint density at radius 2 is 1.68 bits per heavy atom. The molecule has 5 rings (SSSR count). The third-order valence-corrected chi connectivity index (χ3v) is 7.23. The number of hydrogen-bond donors (Lipinski definition) is 1. The summed E-state index contributed by atoms with van der Waals surface area (Å²) in [5, 5.41) is 3.86. The first-order chi connectivity index (χ1) is 9.36. The fourth-order valence-electron chi connectivity index (χ4n) is 6.13. The van der Waals surface area contributed by atoms with Crippen molar-refractivity contribution in [2.75, 3.05) is 13.1 Å². The predicted octanol–water partition coefficient (Wildman–Crippen LogP) is 2.49. The fourth-order valence-corrected chi connectivity index (χ4v) is 6.13. The summed E-state index contributed by atoms with van der Waals surface area (Å²) in [7, 11) is 0. The standard InChI is InChI=1S/C17H28N2/c1-2-13-8-18-14(10-3-4-10)9-19(13)17-15-11-5-6-12(7-11)16(15)17/h10-18H,2-9H2,1H3. The van der Waals surface area contributed by atoms with E-state index in [0.717, 1.165) is 47.7 Å².